The molecule has 9 heteroatoms. The van der Waals surface area contributed by atoms with Gasteiger partial charge in [-0.1, -0.05) is 17.8 Å². The minimum absolute atomic E-state index is 0.0223. The monoisotopic (exact) mass is 496 g/mol. The third-order valence-electron chi connectivity index (χ3n) is 6.21. The van der Waals surface area contributed by atoms with Crippen LogP contribution in [0.15, 0.2) is 46.9 Å². The smallest absolute Gasteiger partial charge is 0.263 e. The van der Waals surface area contributed by atoms with E-state index in [1.54, 1.807) is 22.0 Å². The van der Waals surface area contributed by atoms with E-state index in [1.807, 2.05) is 24.3 Å². The van der Waals surface area contributed by atoms with Crippen molar-refractivity contribution in [3.8, 4) is 0 Å². The summed E-state index contributed by atoms with van der Waals surface area (Å²) in [7, 11) is 0. The van der Waals surface area contributed by atoms with Crippen molar-refractivity contribution in [2.75, 3.05) is 42.3 Å². The zero-order chi connectivity index (χ0) is 23.5. The van der Waals surface area contributed by atoms with Crippen molar-refractivity contribution in [3.05, 3.63) is 57.7 Å². The number of rotatable bonds is 7. The van der Waals surface area contributed by atoms with E-state index in [1.165, 1.54) is 22.2 Å². The first-order valence-corrected chi connectivity index (χ1v) is 13.5. The fourth-order valence-corrected chi connectivity index (χ4v) is 6.64. The van der Waals surface area contributed by atoms with Gasteiger partial charge in [0.05, 0.1) is 24.4 Å². The van der Waals surface area contributed by atoms with Crippen LogP contribution in [0.1, 0.15) is 23.3 Å². The van der Waals surface area contributed by atoms with Crippen molar-refractivity contribution in [1.29, 1.82) is 0 Å². The average Bonchev–Trinajstić information content (AvgIpc) is 3.24. The molecule has 3 aromatic rings. The number of allylic oxidation sites excluding steroid dienone is 1. The van der Waals surface area contributed by atoms with Crippen LogP contribution >= 0.6 is 23.1 Å². The molecule has 1 fully saturated rings. The summed E-state index contributed by atoms with van der Waals surface area (Å²) in [6, 6.07) is 7.87. The van der Waals surface area contributed by atoms with Gasteiger partial charge in [0.1, 0.15) is 4.83 Å². The molecule has 0 atom stereocenters. The predicted molar refractivity (Wildman–Crippen MR) is 140 cm³/mol. The Bertz CT molecular complexity index is 1260. The molecule has 1 aliphatic carbocycles. The number of thioether (sulfide) groups is 1. The van der Waals surface area contributed by atoms with Crippen molar-refractivity contribution in [1.82, 2.24) is 9.55 Å². The lowest BCUT2D eigenvalue weighted by atomic mass is 9.97. The number of carbonyl (C=O) groups excluding carboxylic acids is 1. The number of nitrogens with one attached hydrogen (secondary N) is 1. The Morgan fingerprint density at radius 2 is 1.97 bits per heavy atom. The Balaban J connectivity index is 1.29. The third kappa shape index (κ3) is 4.78. The highest BCUT2D eigenvalue weighted by Gasteiger charge is 2.22. The zero-order valence-electron chi connectivity index (χ0n) is 19.0. The topological polar surface area (TPSA) is 76.5 Å². The Morgan fingerprint density at radius 1 is 1.21 bits per heavy atom. The lowest BCUT2D eigenvalue weighted by Crippen LogP contribution is -2.36. The van der Waals surface area contributed by atoms with Crippen LogP contribution in [0.25, 0.3) is 10.2 Å². The fraction of sp³-hybridized carbons (Fsp3) is 0.400. The number of ether oxygens (including phenoxy) is 1. The van der Waals surface area contributed by atoms with Gasteiger partial charge >= 0.3 is 0 Å². The van der Waals surface area contributed by atoms with Gasteiger partial charge in [-0.25, -0.2) is 4.98 Å². The molecular formula is C25H28N4O3S2. The van der Waals surface area contributed by atoms with Crippen LogP contribution in [0.3, 0.4) is 0 Å². The SMILES string of the molecule is C=CCn1c(SCC(=O)Nc2ccc(N3CCOCC3)cc2)nc2sc3c(c2c1=O)CCCC3. The second kappa shape index (κ2) is 10.3. The normalized spacial score (nSPS) is 15.8. The van der Waals surface area contributed by atoms with E-state index in [9.17, 15) is 9.59 Å². The standard InChI is InChI=1S/C25H28N4O3S2/c1-2-11-29-24(31)22-19-5-3-4-6-20(19)34-23(22)27-25(29)33-16-21(30)26-17-7-9-18(10-8-17)28-12-14-32-15-13-28/h2,7-10H,1,3-6,11-16H2,(H,26,30). The number of nitrogens with zero attached hydrogens (tertiary/aromatic N) is 3. The highest BCUT2D eigenvalue weighted by molar-refractivity contribution is 7.99. The Morgan fingerprint density at radius 3 is 2.74 bits per heavy atom. The molecule has 3 heterocycles. The van der Waals surface area contributed by atoms with Gasteiger partial charge in [-0.05, 0) is 55.5 Å². The molecule has 1 N–H and O–H groups in total. The van der Waals surface area contributed by atoms with Crippen LogP contribution in [0.4, 0.5) is 11.4 Å². The Labute approximate surface area is 206 Å². The van der Waals surface area contributed by atoms with E-state index in [4.69, 9.17) is 9.72 Å². The largest absolute Gasteiger partial charge is 0.378 e. The van der Waals surface area contributed by atoms with Crippen LogP contribution in [0.2, 0.25) is 0 Å². The van der Waals surface area contributed by atoms with E-state index in [2.05, 4.69) is 16.8 Å². The molecule has 34 heavy (non-hydrogen) atoms. The maximum atomic E-state index is 13.3. The summed E-state index contributed by atoms with van der Waals surface area (Å²) >= 11 is 2.92. The summed E-state index contributed by atoms with van der Waals surface area (Å²) in [5, 5.41) is 4.27. The number of amides is 1. The summed E-state index contributed by atoms with van der Waals surface area (Å²) in [4.78, 5) is 35.1. The maximum Gasteiger partial charge on any atom is 0.263 e. The van der Waals surface area contributed by atoms with Crippen molar-refractivity contribution < 1.29 is 9.53 Å². The first-order valence-electron chi connectivity index (χ1n) is 11.7. The van der Waals surface area contributed by atoms with Crippen molar-refractivity contribution in [3.63, 3.8) is 0 Å². The highest BCUT2D eigenvalue weighted by Crippen LogP contribution is 2.34. The van der Waals surface area contributed by atoms with Gasteiger partial charge in [-0.3, -0.25) is 14.2 Å². The summed E-state index contributed by atoms with van der Waals surface area (Å²) in [5.74, 6) is 0.0416. The second-order valence-corrected chi connectivity index (χ2v) is 10.5. The number of anilines is 2. The molecular weight excluding hydrogens is 468 g/mol. The fourth-order valence-electron chi connectivity index (χ4n) is 4.52. The molecule has 1 amide bonds. The quantitative estimate of drug-likeness (QED) is 0.302. The number of benzene rings is 1. The molecule has 0 bridgehead atoms. The number of hydrogen-bond acceptors (Lipinski definition) is 7. The molecule has 5 rings (SSSR count). The Kier molecular flexibility index (Phi) is 7.03. The number of fused-ring (bicyclic) bond motifs is 3. The lowest BCUT2D eigenvalue weighted by molar-refractivity contribution is -0.113. The number of aryl methyl sites for hydroxylation is 2. The van der Waals surface area contributed by atoms with E-state index >= 15 is 0 Å². The van der Waals surface area contributed by atoms with E-state index in [0.29, 0.717) is 11.7 Å². The first kappa shape index (κ1) is 23.1. The third-order valence-corrected chi connectivity index (χ3v) is 8.37. The summed E-state index contributed by atoms with van der Waals surface area (Å²) in [6.07, 6.45) is 5.94. The molecule has 0 unspecified atom stereocenters. The molecule has 0 spiro atoms. The van der Waals surface area contributed by atoms with Gasteiger partial charge in [0.2, 0.25) is 5.91 Å². The van der Waals surface area contributed by atoms with Crippen molar-refractivity contribution in [2.45, 2.75) is 37.4 Å². The van der Waals surface area contributed by atoms with E-state index in [-0.39, 0.29) is 17.2 Å². The van der Waals surface area contributed by atoms with E-state index < -0.39 is 0 Å². The second-order valence-electron chi connectivity index (χ2n) is 8.47. The molecule has 0 saturated carbocycles. The van der Waals surface area contributed by atoms with Gasteiger partial charge in [-0.2, -0.15) is 0 Å². The molecule has 0 radical (unpaired) electrons. The van der Waals surface area contributed by atoms with Gasteiger partial charge in [-0.15, -0.1) is 17.9 Å². The predicted octanol–water partition coefficient (Wildman–Crippen LogP) is 4.09. The maximum absolute atomic E-state index is 13.3. The van der Waals surface area contributed by atoms with Crippen LogP contribution in [0.5, 0.6) is 0 Å². The minimum Gasteiger partial charge on any atom is -0.378 e. The number of thiophene rings is 1. The van der Waals surface area contributed by atoms with Gasteiger partial charge < -0.3 is 15.0 Å². The number of aromatic nitrogens is 2. The Hall–Kier alpha value is -2.62. The van der Waals surface area contributed by atoms with Crippen LogP contribution in [-0.4, -0.2) is 47.5 Å². The van der Waals surface area contributed by atoms with Gasteiger partial charge in [0.15, 0.2) is 5.16 Å². The molecule has 1 aliphatic heterocycles. The van der Waals surface area contributed by atoms with Crippen LogP contribution in [0, 0.1) is 0 Å². The number of morpholine rings is 1. The molecule has 7 nitrogen and oxygen atoms in total. The zero-order valence-corrected chi connectivity index (χ0v) is 20.7. The first-order chi connectivity index (χ1) is 16.6. The van der Waals surface area contributed by atoms with Crippen molar-refractivity contribution in [2.24, 2.45) is 0 Å². The molecule has 2 aromatic heterocycles. The summed E-state index contributed by atoms with van der Waals surface area (Å²) in [6.45, 7) is 7.40. The number of carbonyl (C=O) groups is 1. The molecule has 1 saturated heterocycles. The summed E-state index contributed by atoms with van der Waals surface area (Å²) < 4.78 is 7.05. The summed E-state index contributed by atoms with van der Waals surface area (Å²) in [5.41, 5.74) is 3.03. The number of hydrogen-bond donors (Lipinski definition) is 1. The van der Waals surface area contributed by atoms with Gasteiger partial charge in [0.25, 0.3) is 5.56 Å². The van der Waals surface area contributed by atoms with Crippen LogP contribution in [-0.2, 0) is 28.9 Å². The van der Waals surface area contributed by atoms with Crippen LogP contribution < -0.4 is 15.8 Å². The molecule has 2 aliphatic rings. The van der Waals surface area contributed by atoms with Crippen molar-refractivity contribution >= 4 is 50.6 Å². The molecule has 1 aromatic carbocycles. The lowest BCUT2D eigenvalue weighted by Gasteiger charge is -2.28. The van der Waals surface area contributed by atoms with Gasteiger partial charge in [0, 0.05) is 35.9 Å². The highest BCUT2D eigenvalue weighted by atomic mass is 32.2. The molecule has 178 valence electrons. The van der Waals surface area contributed by atoms with E-state index in [0.717, 1.165) is 73.6 Å². The minimum atomic E-state index is -0.130. The average molecular weight is 497 g/mol.